The van der Waals surface area contributed by atoms with E-state index in [9.17, 15) is 0 Å². The molecule has 0 bridgehead atoms. The molecule has 6 heteroatoms. The Kier molecular flexibility index (Phi) is 2.26. The lowest BCUT2D eigenvalue weighted by Crippen LogP contribution is -1.97. The second kappa shape index (κ2) is 3.78. The fraction of sp³-hybridized carbons (Fsp3) is 0.0909. The molecule has 0 aliphatic carbocycles. The number of hydrogen-bond donors (Lipinski definition) is 0. The fourth-order valence-electron chi connectivity index (χ4n) is 1.56. The summed E-state index contributed by atoms with van der Waals surface area (Å²) in [6.07, 6.45) is 1.69. The van der Waals surface area contributed by atoms with Crippen LogP contribution in [0.1, 0.15) is 5.82 Å². The van der Waals surface area contributed by atoms with Crippen LogP contribution in [0.5, 0.6) is 0 Å². The van der Waals surface area contributed by atoms with Gasteiger partial charge < -0.3 is 0 Å². The van der Waals surface area contributed by atoms with Gasteiger partial charge in [-0.15, -0.1) is 10.2 Å². The quantitative estimate of drug-likeness (QED) is 0.659. The summed E-state index contributed by atoms with van der Waals surface area (Å²) in [6, 6.07) is 7.42. The Morgan fingerprint density at radius 2 is 1.88 bits per heavy atom. The fourth-order valence-corrected chi connectivity index (χ4v) is 1.69. The highest BCUT2D eigenvalue weighted by atomic mass is 35.5. The van der Waals surface area contributed by atoms with Gasteiger partial charge in [0.05, 0.1) is 11.9 Å². The van der Waals surface area contributed by atoms with Crippen molar-refractivity contribution in [2.75, 3.05) is 0 Å². The Bertz CT molecular complexity index is 674. The lowest BCUT2D eigenvalue weighted by molar-refractivity contribution is 0.859. The molecule has 0 aliphatic rings. The summed E-state index contributed by atoms with van der Waals surface area (Å²) in [5.74, 6) is 1.21. The number of halogens is 1. The number of aromatic nitrogens is 5. The highest BCUT2D eigenvalue weighted by Gasteiger charge is 2.06. The molecule has 2 aromatic heterocycles. The molecule has 3 aromatic rings. The van der Waals surface area contributed by atoms with Gasteiger partial charge in [-0.3, -0.25) is 0 Å². The number of hydrogen-bond acceptors (Lipinski definition) is 4. The van der Waals surface area contributed by atoms with Crippen LogP contribution in [0.25, 0.3) is 17.0 Å². The third-order valence-electron chi connectivity index (χ3n) is 2.44. The van der Waals surface area contributed by atoms with Crippen LogP contribution in [-0.4, -0.2) is 24.8 Å². The Morgan fingerprint density at radius 1 is 1.12 bits per heavy atom. The van der Waals surface area contributed by atoms with Gasteiger partial charge in [0.1, 0.15) is 0 Å². The van der Waals surface area contributed by atoms with Crippen LogP contribution >= 0.6 is 11.6 Å². The molecule has 0 radical (unpaired) electrons. The number of nitrogens with zero attached hydrogens (tertiary/aromatic N) is 5. The molecule has 84 valence electrons. The average Bonchev–Trinajstić information content (AvgIpc) is 2.72. The van der Waals surface area contributed by atoms with Gasteiger partial charge in [-0.25, -0.2) is 4.98 Å². The zero-order valence-electron chi connectivity index (χ0n) is 9.00. The summed E-state index contributed by atoms with van der Waals surface area (Å²) >= 11 is 5.84. The molecular weight excluding hydrogens is 238 g/mol. The average molecular weight is 246 g/mol. The zero-order chi connectivity index (χ0) is 11.8. The van der Waals surface area contributed by atoms with Crippen LogP contribution in [-0.2, 0) is 0 Å². The van der Waals surface area contributed by atoms with Gasteiger partial charge in [-0.2, -0.15) is 9.61 Å². The van der Waals surface area contributed by atoms with E-state index in [1.807, 2.05) is 31.2 Å². The topological polar surface area (TPSA) is 56.0 Å². The summed E-state index contributed by atoms with van der Waals surface area (Å²) in [5.41, 5.74) is 1.70. The van der Waals surface area contributed by atoms with Gasteiger partial charge in [-0.1, -0.05) is 23.7 Å². The number of rotatable bonds is 1. The molecule has 0 spiro atoms. The Labute approximate surface area is 102 Å². The smallest absolute Gasteiger partial charge is 0.208 e. The van der Waals surface area contributed by atoms with Crippen molar-refractivity contribution in [2.45, 2.75) is 6.92 Å². The van der Waals surface area contributed by atoms with E-state index in [1.54, 1.807) is 10.7 Å². The molecule has 0 atom stereocenters. The van der Waals surface area contributed by atoms with E-state index in [4.69, 9.17) is 11.6 Å². The van der Waals surface area contributed by atoms with E-state index >= 15 is 0 Å². The third-order valence-corrected chi connectivity index (χ3v) is 2.69. The molecule has 0 fully saturated rings. The van der Waals surface area contributed by atoms with Gasteiger partial charge in [0.15, 0.2) is 5.82 Å². The summed E-state index contributed by atoms with van der Waals surface area (Å²) in [6.45, 7) is 1.83. The third kappa shape index (κ3) is 1.74. The molecule has 2 heterocycles. The van der Waals surface area contributed by atoms with Crippen LogP contribution in [0.2, 0.25) is 5.02 Å². The van der Waals surface area contributed by atoms with E-state index in [1.165, 1.54) is 0 Å². The highest BCUT2D eigenvalue weighted by molar-refractivity contribution is 6.30. The van der Waals surface area contributed by atoms with E-state index in [0.29, 0.717) is 10.8 Å². The van der Waals surface area contributed by atoms with Gasteiger partial charge in [0.2, 0.25) is 0 Å². The van der Waals surface area contributed by atoms with Crippen LogP contribution in [0.3, 0.4) is 0 Å². The summed E-state index contributed by atoms with van der Waals surface area (Å²) in [7, 11) is 0. The van der Waals surface area contributed by atoms with Crippen molar-refractivity contribution in [3.05, 3.63) is 41.3 Å². The Hall–Kier alpha value is -2.01. The van der Waals surface area contributed by atoms with Crippen LogP contribution in [0.15, 0.2) is 30.5 Å². The summed E-state index contributed by atoms with van der Waals surface area (Å²) < 4.78 is 1.60. The maximum absolute atomic E-state index is 5.84. The normalized spacial score (nSPS) is 10.9. The molecule has 5 nitrogen and oxygen atoms in total. The van der Waals surface area contributed by atoms with E-state index in [2.05, 4.69) is 20.3 Å². The molecule has 0 saturated carbocycles. The van der Waals surface area contributed by atoms with Gasteiger partial charge in [0.25, 0.3) is 5.78 Å². The minimum atomic E-state index is 0.495. The zero-order valence-corrected chi connectivity index (χ0v) is 9.76. The molecule has 1 aromatic carbocycles. The SMILES string of the molecule is Cc1nnc2nc(-c3ccc(Cl)cc3)cnn12. The first kappa shape index (κ1) is 10.2. The van der Waals surface area contributed by atoms with Crippen molar-refractivity contribution in [2.24, 2.45) is 0 Å². The van der Waals surface area contributed by atoms with Crippen molar-refractivity contribution >= 4 is 17.4 Å². The molecule has 0 amide bonds. The molecule has 17 heavy (non-hydrogen) atoms. The second-order valence-electron chi connectivity index (χ2n) is 3.61. The lowest BCUT2D eigenvalue weighted by atomic mass is 10.2. The maximum Gasteiger partial charge on any atom is 0.272 e. The molecule has 0 aliphatic heterocycles. The standard InChI is InChI=1S/C11H8ClN5/c1-7-15-16-11-14-10(6-13-17(7)11)8-2-4-9(12)5-3-8/h2-6H,1H3. The maximum atomic E-state index is 5.84. The first-order valence-corrected chi connectivity index (χ1v) is 5.43. The highest BCUT2D eigenvalue weighted by Crippen LogP contribution is 2.19. The van der Waals surface area contributed by atoms with Gasteiger partial charge >= 0.3 is 0 Å². The molecule has 0 N–H and O–H groups in total. The first-order chi connectivity index (χ1) is 8.24. The van der Waals surface area contributed by atoms with Crippen molar-refractivity contribution in [1.29, 1.82) is 0 Å². The Balaban J connectivity index is 2.14. The minimum Gasteiger partial charge on any atom is -0.208 e. The molecule has 0 saturated heterocycles. The predicted molar refractivity (Wildman–Crippen MR) is 63.8 cm³/mol. The summed E-state index contributed by atoms with van der Waals surface area (Å²) in [5, 5.41) is 12.8. The van der Waals surface area contributed by atoms with E-state index in [-0.39, 0.29) is 0 Å². The summed E-state index contributed by atoms with van der Waals surface area (Å²) in [4.78, 5) is 4.38. The monoisotopic (exact) mass is 245 g/mol. The predicted octanol–water partition coefficient (Wildman–Crippen LogP) is 2.15. The van der Waals surface area contributed by atoms with E-state index in [0.717, 1.165) is 17.1 Å². The first-order valence-electron chi connectivity index (χ1n) is 5.05. The number of aryl methyl sites for hydroxylation is 1. The minimum absolute atomic E-state index is 0.495. The van der Waals surface area contributed by atoms with Gasteiger partial charge in [0, 0.05) is 10.6 Å². The van der Waals surface area contributed by atoms with Crippen molar-refractivity contribution in [3.8, 4) is 11.3 Å². The molecule has 3 rings (SSSR count). The van der Waals surface area contributed by atoms with Crippen LogP contribution in [0, 0.1) is 6.92 Å². The van der Waals surface area contributed by atoms with Crippen LogP contribution in [0.4, 0.5) is 0 Å². The molecular formula is C11H8ClN5. The number of benzene rings is 1. The Morgan fingerprint density at radius 3 is 2.65 bits per heavy atom. The number of fused-ring (bicyclic) bond motifs is 1. The van der Waals surface area contributed by atoms with Gasteiger partial charge in [-0.05, 0) is 19.1 Å². The largest absolute Gasteiger partial charge is 0.272 e. The molecule has 0 unspecified atom stereocenters. The van der Waals surface area contributed by atoms with Crippen molar-refractivity contribution in [1.82, 2.24) is 24.8 Å². The van der Waals surface area contributed by atoms with Crippen LogP contribution < -0.4 is 0 Å². The van der Waals surface area contributed by atoms with Crippen molar-refractivity contribution < 1.29 is 0 Å². The van der Waals surface area contributed by atoms with E-state index < -0.39 is 0 Å². The van der Waals surface area contributed by atoms with Crippen molar-refractivity contribution in [3.63, 3.8) is 0 Å². The second-order valence-corrected chi connectivity index (χ2v) is 4.04. The lowest BCUT2D eigenvalue weighted by Gasteiger charge is -2.00.